The van der Waals surface area contributed by atoms with E-state index in [0.29, 0.717) is 17.4 Å². The summed E-state index contributed by atoms with van der Waals surface area (Å²) in [7, 11) is -0.629. The van der Waals surface area contributed by atoms with Crippen molar-refractivity contribution in [2.24, 2.45) is 4.99 Å². The van der Waals surface area contributed by atoms with Crippen LogP contribution in [0.15, 0.2) is 70.7 Å². The van der Waals surface area contributed by atoms with Crippen LogP contribution in [0.25, 0.3) is 5.69 Å². The quantitative estimate of drug-likeness (QED) is 0.568. The second-order valence-electron chi connectivity index (χ2n) is 7.38. The van der Waals surface area contributed by atoms with Gasteiger partial charge in [-0.1, -0.05) is 43.0 Å². The Morgan fingerprint density at radius 2 is 1.91 bits per heavy atom. The minimum Gasteiger partial charge on any atom is -0.285 e. The SMILES string of the molecule is CC1CN(C(=O)c2cnn(-c3ccccc3)n2)C(=Nc2cccc(S(=O)(=O)N(C)C)c2)S1. The van der Waals surface area contributed by atoms with E-state index in [1.54, 1.807) is 17.0 Å². The minimum atomic E-state index is -3.58. The summed E-state index contributed by atoms with van der Waals surface area (Å²) >= 11 is 1.45. The van der Waals surface area contributed by atoms with Crippen molar-refractivity contribution >= 4 is 38.5 Å². The molecule has 9 nitrogen and oxygen atoms in total. The number of thioether (sulfide) groups is 1. The fourth-order valence-electron chi connectivity index (χ4n) is 3.09. The summed E-state index contributed by atoms with van der Waals surface area (Å²) in [5.41, 5.74) is 1.42. The topological polar surface area (TPSA) is 101 Å². The van der Waals surface area contributed by atoms with Crippen molar-refractivity contribution in [2.75, 3.05) is 20.6 Å². The zero-order valence-corrected chi connectivity index (χ0v) is 19.4. The highest BCUT2D eigenvalue weighted by atomic mass is 32.2. The summed E-state index contributed by atoms with van der Waals surface area (Å²) < 4.78 is 26.0. The van der Waals surface area contributed by atoms with Crippen molar-refractivity contribution in [2.45, 2.75) is 17.1 Å². The van der Waals surface area contributed by atoms with E-state index in [-0.39, 0.29) is 21.7 Å². The molecule has 1 atom stereocenters. The number of aliphatic imine (C=N–C) groups is 1. The molecule has 166 valence electrons. The molecule has 3 aromatic rings. The van der Waals surface area contributed by atoms with Crippen molar-refractivity contribution < 1.29 is 13.2 Å². The maximum Gasteiger partial charge on any atom is 0.282 e. The number of carbonyl (C=O) groups excluding carboxylic acids is 1. The van der Waals surface area contributed by atoms with Gasteiger partial charge >= 0.3 is 0 Å². The molecule has 0 saturated carbocycles. The van der Waals surface area contributed by atoms with E-state index >= 15 is 0 Å². The number of hydrogen-bond donors (Lipinski definition) is 0. The largest absolute Gasteiger partial charge is 0.285 e. The van der Waals surface area contributed by atoms with E-state index < -0.39 is 10.0 Å². The standard InChI is InChI=1S/C21H22N6O3S2/c1-15-14-26(20(28)19-13-22-27(24-19)17-9-5-4-6-10-17)21(31-15)23-16-8-7-11-18(12-16)32(29,30)25(2)3/h4-13,15H,14H2,1-3H3. The number of carbonyl (C=O) groups is 1. The van der Waals surface area contributed by atoms with Gasteiger partial charge in [0.05, 0.1) is 22.5 Å². The normalized spacial score (nSPS) is 17.9. The lowest BCUT2D eigenvalue weighted by atomic mass is 10.3. The summed E-state index contributed by atoms with van der Waals surface area (Å²) in [6.45, 7) is 2.47. The highest BCUT2D eigenvalue weighted by Crippen LogP contribution is 2.30. The molecule has 32 heavy (non-hydrogen) atoms. The second-order valence-corrected chi connectivity index (χ2v) is 10.9. The number of benzene rings is 2. The lowest BCUT2D eigenvalue weighted by molar-refractivity contribution is 0.0849. The van der Waals surface area contributed by atoms with E-state index in [9.17, 15) is 13.2 Å². The highest BCUT2D eigenvalue weighted by molar-refractivity contribution is 8.14. The number of nitrogens with zero attached hydrogens (tertiary/aromatic N) is 6. The number of sulfonamides is 1. The lowest BCUT2D eigenvalue weighted by Crippen LogP contribution is -2.32. The van der Waals surface area contributed by atoms with Crippen molar-refractivity contribution in [3.63, 3.8) is 0 Å². The number of hydrogen-bond acceptors (Lipinski definition) is 7. The van der Waals surface area contributed by atoms with E-state index in [1.165, 1.54) is 49.0 Å². The monoisotopic (exact) mass is 470 g/mol. The van der Waals surface area contributed by atoms with Crippen LogP contribution in [0.2, 0.25) is 0 Å². The number of aromatic nitrogens is 3. The van der Waals surface area contributed by atoms with Crippen LogP contribution >= 0.6 is 11.8 Å². The second kappa shape index (κ2) is 8.85. The Balaban J connectivity index is 1.62. The Bertz CT molecular complexity index is 1270. The minimum absolute atomic E-state index is 0.135. The number of para-hydroxylation sites is 1. The molecular weight excluding hydrogens is 448 g/mol. The molecule has 1 aliphatic rings. The zero-order chi connectivity index (χ0) is 22.9. The van der Waals surface area contributed by atoms with Gasteiger partial charge in [0, 0.05) is 25.9 Å². The molecular formula is C21H22N6O3S2. The van der Waals surface area contributed by atoms with Crippen LogP contribution in [-0.2, 0) is 10.0 Å². The molecule has 0 radical (unpaired) electrons. The molecule has 1 aliphatic heterocycles. The van der Waals surface area contributed by atoms with Crippen LogP contribution in [-0.4, -0.2) is 69.6 Å². The van der Waals surface area contributed by atoms with Crippen molar-refractivity contribution in [1.82, 2.24) is 24.2 Å². The number of amides is 1. The zero-order valence-electron chi connectivity index (χ0n) is 17.8. The first kappa shape index (κ1) is 22.2. The Morgan fingerprint density at radius 1 is 1.16 bits per heavy atom. The maximum atomic E-state index is 13.2. The van der Waals surface area contributed by atoms with Gasteiger partial charge in [-0.15, -0.1) is 5.10 Å². The van der Waals surface area contributed by atoms with Crippen molar-refractivity contribution in [1.29, 1.82) is 0 Å². The molecule has 0 aliphatic carbocycles. The third kappa shape index (κ3) is 4.45. The van der Waals surface area contributed by atoms with Crippen LogP contribution in [0.5, 0.6) is 0 Å². The van der Waals surface area contributed by atoms with Crippen molar-refractivity contribution in [3.05, 3.63) is 66.5 Å². The predicted octanol–water partition coefficient (Wildman–Crippen LogP) is 2.78. The third-order valence-corrected chi connectivity index (χ3v) is 7.63. The van der Waals surface area contributed by atoms with E-state index in [4.69, 9.17) is 0 Å². The number of rotatable bonds is 5. The van der Waals surface area contributed by atoms with Crippen LogP contribution in [0, 0.1) is 0 Å². The van der Waals surface area contributed by atoms with Gasteiger partial charge in [-0.05, 0) is 30.3 Å². The number of amidine groups is 1. The van der Waals surface area contributed by atoms with Crippen LogP contribution in [0.1, 0.15) is 17.4 Å². The van der Waals surface area contributed by atoms with Crippen LogP contribution in [0.3, 0.4) is 0 Å². The van der Waals surface area contributed by atoms with Gasteiger partial charge in [0.1, 0.15) is 0 Å². The fraction of sp³-hybridized carbons (Fsp3) is 0.238. The van der Waals surface area contributed by atoms with E-state index in [2.05, 4.69) is 15.2 Å². The van der Waals surface area contributed by atoms with E-state index in [1.807, 2.05) is 37.3 Å². The van der Waals surface area contributed by atoms with Crippen LogP contribution < -0.4 is 0 Å². The summed E-state index contributed by atoms with van der Waals surface area (Å²) in [5.74, 6) is -0.306. The molecule has 1 saturated heterocycles. The Kier molecular flexibility index (Phi) is 6.13. The molecule has 2 aromatic carbocycles. The van der Waals surface area contributed by atoms with Gasteiger partial charge < -0.3 is 0 Å². The highest BCUT2D eigenvalue weighted by Gasteiger charge is 2.33. The van der Waals surface area contributed by atoms with Gasteiger partial charge in [0.15, 0.2) is 10.9 Å². The van der Waals surface area contributed by atoms with Gasteiger partial charge in [-0.2, -0.15) is 9.90 Å². The van der Waals surface area contributed by atoms with Crippen LogP contribution in [0.4, 0.5) is 5.69 Å². The summed E-state index contributed by atoms with van der Waals surface area (Å²) in [6, 6.07) is 15.7. The summed E-state index contributed by atoms with van der Waals surface area (Å²) in [6.07, 6.45) is 1.44. The lowest BCUT2D eigenvalue weighted by Gasteiger charge is -2.15. The predicted molar refractivity (Wildman–Crippen MR) is 124 cm³/mol. The van der Waals surface area contributed by atoms with Gasteiger partial charge in [-0.25, -0.2) is 17.7 Å². The smallest absolute Gasteiger partial charge is 0.282 e. The average Bonchev–Trinajstić information content (AvgIpc) is 3.41. The third-order valence-electron chi connectivity index (χ3n) is 4.74. The molecule has 11 heteroatoms. The molecule has 0 N–H and O–H groups in total. The maximum absolute atomic E-state index is 13.2. The molecule has 2 heterocycles. The molecule has 1 unspecified atom stereocenters. The summed E-state index contributed by atoms with van der Waals surface area (Å²) in [5, 5.41) is 9.16. The van der Waals surface area contributed by atoms with Gasteiger partial charge in [-0.3, -0.25) is 9.69 Å². The molecule has 1 aromatic heterocycles. The molecule has 1 amide bonds. The van der Waals surface area contributed by atoms with Gasteiger partial charge in [0.25, 0.3) is 5.91 Å². The Labute approximate surface area is 190 Å². The first-order valence-corrected chi connectivity index (χ1v) is 12.2. The first-order chi connectivity index (χ1) is 15.3. The fourth-order valence-corrected chi connectivity index (χ4v) is 5.06. The Morgan fingerprint density at radius 3 is 2.62 bits per heavy atom. The molecule has 4 rings (SSSR count). The first-order valence-electron chi connectivity index (χ1n) is 9.83. The molecule has 1 fully saturated rings. The summed E-state index contributed by atoms with van der Waals surface area (Å²) in [4.78, 5) is 20.9. The van der Waals surface area contributed by atoms with E-state index in [0.717, 1.165) is 9.99 Å². The molecule has 0 spiro atoms. The molecule has 0 bridgehead atoms. The Hall–Kier alpha value is -3.02. The van der Waals surface area contributed by atoms with Gasteiger partial charge in [0.2, 0.25) is 10.0 Å². The average molecular weight is 471 g/mol. The van der Waals surface area contributed by atoms with Crippen molar-refractivity contribution in [3.8, 4) is 5.69 Å².